The molecule has 4 aliphatic heterocycles. The highest BCUT2D eigenvalue weighted by Gasteiger charge is 2.49. The van der Waals surface area contributed by atoms with Gasteiger partial charge in [-0.2, -0.15) is 0 Å². The number of aliphatic hydroxyl groups is 10. The molecule has 17 heteroatoms. The smallest absolute Gasteiger partial charge is 0.186 e. The van der Waals surface area contributed by atoms with Crippen molar-refractivity contribution >= 4 is 0 Å². The quantitative estimate of drug-likeness (QED) is 0.122. The third kappa shape index (κ3) is 6.08. The summed E-state index contributed by atoms with van der Waals surface area (Å²) in [5.74, 6) is 0. The van der Waals surface area contributed by atoms with Crippen LogP contribution in [-0.4, -0.2) is 176 Å². The molecule has 0 bridgehead atoms. The first-order chi connectivity index (χ1) is 17.5. The minimum Gasteiger partial charge on any atom is -0.394 e. The second-order valence-electron chi connectivity index (χ2n) is 9.30. The van der Waals surface area contributed by atoms with E-state index in [2.05, 4.69) is 0 Å². The number of aliphatic hydroxyl groups excluding tert-OH is 10. The summed E-state index contributed by atoms with van der Waals surface area (Å²) in [6.45, 7) is -1.71. The highest BCUT2D eigenvalue weighted by atomic mass is 16.8. The topological polar surface area (TPSA) is 267 Å². The molecule has 0 aromatic heterocycles. The van der Waals surface area contributed by atoms with E-state index in [0.717, 1.165) is 0 Å². The third-order valence-corrected chi connectivity index (χ3v) is 6.75. The molecule has 0 aromatic rings. The van der Waals surface area contributed by atoms with E-state index in [1.165, 1.54) is 0 Å². The Morgan fingerprint density at radius 3 is 1.05 bits per heavy atom. The van der Waals surface area contributed by atoms with Crippen molar-refractivity contribution in [3.8, 4) is 0 Å². The average Bonchev–Trinajstić information content (AvgIpc) is 3.51. The monoisotopic (exact) mass is 546 g/mol. The summed E-state index contributed by atoms with van der Waals surface area (Å²) >= 11 is 0. The minimum absolute atomic E-state index is 0.375. The fraction of sp³-hybridized carbons (Fsp3) is 1.00. The molecular formula is C20H34O17. The molecule has 4 fully saturated rings. The fourth-order valence-corrected chi connectivity index (χ4v) is 4.42. The molecule has 37 heavy (non-hydrogen) atoms. The maximum absolute atomic E-state index is 10.2. The van der Waals surface area contributed by atoms with Crippen LogP contribution in [0.5, 0.6) is 0 Å². The van der Waals surface area contributed by atoms with Crippen molar-refractivity contribution in [2.45, 2.75) is 98.4 Å². The van der Waals surface area contributed by atoms with Gasteiger partial charge in [-0.15, -0.1) is 0 Å². The van der Waals surface area contributed by atoms with Crippen LogP contribution in [-0.2, 0) is 33.2 Å². The molecule has 4 rings (SSSR count). The fourth-order valence-electron chi connectivity index (χ4n) is 4.42. The van der Waals surface area contributed by atoms with E-state index in [0.29, 0.717) is 0 Å². The Bertz CT molecular complexity index is 731. The molecule has 0 spiro atoms. The maximum atomic E-state index is 10.2. The molecule has 0 aromatic carbocycles. The van der Waals surface area contributed by atoms with E-state index in [4.69, 9.17) is 38.3 Å². The van der Waals surface area contributed by atoms with Crippen LogP contribution in [0.3, 0.4) is 0 Å². The van der Waals surface area contributed by atoms with Gasteiger partial charge in [0.1, 0.15) is 73.2 Å². The van der Waals surface area contributed by atoms with Gasteiger partial charge in [-0.3, -0.25) is 0 Å². The predicted molar refractivity (Wildman–Crippen MR) is 110 cm³/mol. The van der Waals surface area contributed by atoms with Gasteiger partial charge < -0.3 is 84.2 Å². The van der Waals surface area contributed by atoms with Crippen LogP contribution in [0.2, 0.25) is 0 Å². The van der Waals surface area contributed by atoms with Crippen molar-refractivity contribution in [2.24, 2.45) is 0 Å². The summed E-state index contributed by atoms with van der Waals surface area (Å²) in [6, 6.07) is 0. The standard InChI is InChI=1S/C20H34O17/c21-1-5-9(22)14(27)18(35-5)32-3-7-11(24)16(29)20(37-7)33-4-8-12(25)15(28)19(36-8)31-2-6-10(23)13(26)17(30)34-6/h5-30H,1-4H2/t5-,6-,7-,8-,9-,10-,11-,12-,13+,14+,15+,16+,17?,18+,19+,20+/m0/s1. The van der Waals surface area contributed by atoms with Gasteiger partial charge in [0.15, 0.2) is 25.2 Å². The summed E-state index contributed by atoms with van der Waals surface area (Å²) in [5, 5.41) is 98.4. The molecule has 1 unspecified atom stereocenters. The lowest BCUT2D eigenvalue weighted by molar-refractivity contribution is -0.223. The first kappa shape index (κ1) is 29.3. The van der Waals surface area contributed by atoms with Crippen LogP contribution >= 0.6 is 0 Å². The molecule has 10 N–H and O–H groups in total. The summed E-state index contributed by atoms with van der Waals surface area (Å²) in [4.78, 5) is 0. The number of hydrogen-bond acceptors (Lipinski definition) is 17. The third-order valence-electron chi connectivity index (χ3n) is 6.75. The molecule has 4 saturated heterocycles. The van der Waals surface area contributed by atoms with Gasteiger partial charge in [-0.25, -0.2) is 0 Å². The van der Waals surface area contributed by atoms with Crippen molar-refractivity contribution in [3.05, 3.63) is 0 Å². The highest BCUT2D eigenvalue weighted by Crippen LogP contribution is 2.29. The maximum Gasteiger partial charge on any atom is 0.186 e. The Hall–Kier alpha value is -0.680. The zero-order valence-electron chi connectivity index (χ0n) is 19.4. The molecule has 17 nitrogen and oxygen atoms in total. The second-order valence-corrected chi connectivity index (χ2v) is 9.30. The summed E-state index contributed by atoms with van der Waals surface area (Å²) in [5.41, 5.74) is 0. The molecular weight excluding hydrogens is 512 g/mol. The lowest BCUT2D eigenvalue weighted by Gasteiger charge is -2.21. The van der Waals surface area contributed by atoms with Crippen LogP contribution < -0.4 is 0 Å². The van der Waals surface area contributed by atoms with Gasteiger partial charge >= 0.3 is 0 Å². The van der Waals surface area contributed by atoms with Crippen molar-refractivity contribution in [2.75, 3.05) is 26.4 Å². The SMILES string of the molecule is OC[C@@H]1O[C@@H](OC[C@@H]2O[C@@H](OC[C@@H]3O[C@@H](OC[C@@H]4OC(O)[C@H](O)[C@H]4O)[C@H](O)[C@H]3O)[C@H](O)[C@H]2O)[C@H](O)[C@H]1O. The molecule has 0 aliphatic carbocycles. The predicted octanol–water partition coefficient (Wildman–Crippen LogP) is -7.19. The summed E-state index contributed by atoms with van der Waals surface area (Å²) in [7, 11) is 0. The van der Waals surface area contributed by atoms with E-state index in [1.807, 2.05) is 0 Å². The van der Waals surface area contributed by atoms with Gasteiger partial charge in [-0.05, 0) is 0 Å². The first-order valence-corrected chi connectivity index (χ1v) is 11.7. The van der Waals surface area contributed by atoms with Crippen LogP contribution in [0.15, 0.2) is 0 Å². The second kappa shape index (κ2) is 12.2. The lowest BCUT2D eigenvalue weighted by atomic mass is 10.1. The lowest BCUT2D eigenvalue weighted by Crippen LogP contribution is -2.39. The van der Waals surface area contributed by atoms with Gasteiger partial charge in [0, 0.05) is 0 Å². The van der Waals surface area contributed by atoms with Crippen molar-refractivity contribution < 1.29 is 84.2 Å². The van der Waals surface area contributed by atoms with Crippen molar-refractivity contribution in [1.82, 2.24) is 0 Å². The summed E-state index contributed by atoms with van der Waals surface area (Å²) < 4.78 is 37.0. The van der Waals surface area contributed by atoms with Crippen molar-refractivity contribution in [1.29, 1.82) is 0 Å². The minimum atomic E-state index is -1.60. The molecule has 0 amide bonds. The van der Waals surface area contributed by atoms with E-state index in [9.17, 15) is 46.0 Å². The first-order valence-electron chi connectivity index (χ1n) is 11.7. The Morgan fingerprint density at radius 1 is 0.405 bits per heavy atom. The van der Waals surface area contributed by atoms with Crippen molar-refractivity contribution in [3.63, 3.8) is 0 Å². The van der Waals surface area contributed by atoms with E-state index in [1.54, 1.807) is 0 Å². The molecule has 16 atom stereocenters. The van der Waals surface area contributed by atoms with Crippen LogP contribution in [0.4, 0.5) is 0 Å². The Kier molecular flexibility index (Phi) is 9.69. The molecule has 0 radical (unpaired) electrons. The molecule has 0 saturated carbocycles. The normalized spacial score (nSPS) is 52.4. The molecule has 216 valence electrons. The van der Waals surface area contributed by atoms with E-state index in [-0.39, 0.29) is 13.2 Å². The zero-order valence-corrected chi connectivity index (χ0v) is 19.4. The molecule has 4 aliphatic rings. The van der Waals surface area contributed by atoms with Crippen LogP contribution in [0.25, 0.3) is 0 Å². The Balaban J connectivity index is 1.21. The van der Waals surface area contributed by atoms with Crippen LogP contribution in [0, 0.1) is 0 Å². The highest BCUT2D eigenvalue weighted by molar-refractivity contribution is 4.92. The molecule has 4 heterocycles. The van der Waals surface area contributed by atoms with Gasteiger partial charge in [0.05, 0.1) is 26.4 Å². The number of hydrogen-bond donors (Lipinski definition) is 10. The Morgan fingerprint density at radius 2 is 0.730 bits per heavy atom. The van der Waals surface area contributed by atoms with Gasteiger partial charge in [0.2, 0.25) is 0 Å². The van der Waals surface area contributed by atoms with Gasteiger partial charge in [-0.1, -0.05) is 0 Å². The van der Waals surface area contributed by atoms with Crippen LogP contribution in [0.1, 0.15) is 0 Å². The van der Waals surface area contributed by atoms with Gasteiger partial charge in [0.25, 0.3) is 0 Å². The zero-order chi connectivity index (χ0) is 27.0. The number of ether oxygens (including phenoxy) is 7. The van der Waals surface area contributed by atoms with E-state index < -0.39 is 112 Å². The summed E-state index contributed by atoms with van der Waals surface area (Å²) in [6.07, 6.45) is -21.9. The average molecular weight is 546 g/mol. The van der Waals surface area contributed by atoms with E-state index >= 15 is 0 Å². The largest absolute Gasteiger partial charge is 0.394 e. The Labute approximate surface area is 209 Å². The number of rotatable bonds is 10.